The van der Waals surface area contributed by atoms with Crippen LogP contribution in [0, 0.1) is 0 Å². The fourth-order valence-corrected chi connectivity index (χ4v) is 3.13. The summed E-state index contributed by atoms with van der Waals surface area (Å²) in [7, 11) is 0. The van der Waals surface area contributed by atoms with E-state index in [1.165, 1.54) is 19.4 Å². The molecule has 1 aliphatic heterocycles. The summed E-state index contributed by atoms with van der Waals surface area (Å²) in [5, 5.41) is 16.2. The van der Waals surface area contributed by atoms with Gasteiger partial charge in [0.25, 0.3) is 0 Å². The molecule has 1 aromatic rings. The zero-order valence-electron chi connectivity index (χ0n) is 14.4. The molecular formula is C18H30N4O. The summed E-state index contributed by atoms with van der Waals surface area (Å²) in [6.07, 6.45) is 2.55. The lowest BCUT2D eigenvalue weighted by Crippen LogP contribution is -2.44. The second kappa shape index (κ2) is 9.53. The Labute approximate surface area is 139 Å². The highest BCUT2D eigenvalue weighted by Gasteiger charge is 2.22. The van der Waals surface area contributed by atoms with Gasteiger partial charge in [0.2, 0.25) is 0 Å². The third kappa shape index (κ3) is 5.22. The first kappa shape index (κ1) is 17.8. The van der Waals surface area contributed by atoms with Crippen LogP contribution in [0.2, 0.25) is 0 Å². The molecular weight excluding hydrogens is 288 g/mol. The summed E-state index contributed by atoms with van der Waals surface area (Å²) in [6.45, 7) is 9.04. The minimum Gasteiger partial charge on any atom is -0.392 e. The maximum atomic E-state index is 9.41. The van der Waals surface area contributed by atoms with Crippen molar-refractivity contribution in [3.8, 4) is 0 Å². The van der Waals surface area contributed by atoms with Crippen molar-refractivity contribution in [3.63, 3.8) is 0 Å². The average molecular weight is 318 g/mol. The molecule has 23 heavy (non-hydrogen) atoms. The van der Waals surface area contributed by atoms with Gasteiger partial charge in [-0.25, -0.2) is 4.99 Å². The van der Waals surface area contributed by atoms with Crippen molar-refractivity contribution in [2.24, 2.45) is 4.99 Å². The van der Waals surface area contributed by atoms with Gasteiger partial charge >= 0.3 is 0 Å². The molecule has 0 radical (unpaired) electrons. The number of aliphatic imine (C=N–C) groups is 1. The molecule has 128 valence electrons. The average Bonchev–Trinajstić information content (AvgIpc) is 3.05. The van der Waals surface area contributed by atoms with Crippen molar-refractivity contribution < 1.29 is 5.11 Å². The zero-order chi connectivity index (χ0) is 16.5. The van der Waals surface area contributed by atoms with Crippen molar-refractivity contribution in [1.29, 1.82) is 0 Å². The summed E-state index contributed by atoms with van der Waals surface area (Å²) in [6, 6.07) is 8.51. The largest absolute Gasteiger partial charge is 0.392 e. The first-order valence-corrected chi connectivity index (χ1v) is 8.72. The fraction of sp³-hybridized carbons (Fsp3) is 0.611. The number of likely N-dealkylation sites (N-methyl/N-ethyl adjacent to an activating group) is 1. The maximum Gasteiger partial charge on any atom is 0.191 e. The zero-order valence-corrected chi connectivity index (χ0v) is 14.4. The van der Waals surface area contributed by atoms with E-state index < -0.39 is 0 Å². The molecule has 3 N–H and O–H groups in total. The van der Waals surface area contributed by atoms with E-state index in [1.807, 2.05) is 24.3 Å². The number of aliphatic hydroxyl groups excluding tert-OH is 1. The monoisotopic (exact) mass is 318 g/mol. The quantitative estimate of drug-likeness (QED) is 0.529. The number of aliphatic hydroxyl groups is 1. The molecule has 0 saturated carbocycles. The number of hydrogen-bond donors (Lipinski definition) is 3. The van der Waals surface area contributed by atoms with Gasteiger partial charge in [0, 0.05) is 19.1 Å². The van der Waals surface area contributed by atoms with Gasteiger partial charge in [0.15, 0.2) is 5.96 Å². The minimum absolute atomic E-state index is 0.0587. The molecule has 1 aromatic carbocycles. The van der Waals surface area contributed by atoms with E-state index in [4.69, 9.17) is 0 Å². The van der Waals surface area contributed by atoms with Crippen LogP contribution >= 0.6 is 0 Å². The van der Waals surface area contributed by atoms with Gasteiger partial charge in [-0.15, -0.1) is 0 Å². The molecule has 0 amide bonds. The normalized spacial score (nSPS) is 19.1. The molecule has 0 spiro atoms. The Balaban J connectivity index is 1.94. The Morgan fingerprint density at radius 2 is 2.04 bits per heavy atom. The molecule has 5 nitrogen and oxygen atoms in total. The van der Waals surface area contributed by atoms with E-state index in [-0.39, 0.29) is 6.61 Å². The number of nitrogens with zero attached hydrogens (tertiary/aromatic N) is 2. The lowest BCUT2D eigenvalue weighted by atomic mass is 10.1. The summed E-state index contributed by atoms with van der Waals surface area (Å²) in [5.74, 6) is 0.850. The van der Waals surface area contributed by atoms with Crippen LogP contribution in [0.25, 0.3) is 0 Å². The summed E-state index contributed by atoms with van der Waals surface area (Å²) >= 11 is 0. The van der Waals surface area contributed by atoms with E-state index in [0.29, 0.717) is 12.6 Å². The van der Waals surface area contributed by atoms with Crippen molar-refractivity contribution in [2.45, 2.75) is 45.9 Å². The maximum absolute atomic E-state index is 9.41. The van der Waals surface area contributed by atoms with Crippen LogP contribution in [0.15, 0.2) is 29.3 Å². The van der Waals surface area contributed by atoms with Crippen LogP contribution in [0.1, 0.15) is 37.8 Å². The minimum atomic E-state index is 0.0587. The van der Waals surface area contributed by atoms with Crippen molar-refractivity contribution in [3.05, 3.63) is 35.4 Å². The molecule has 1 saturated heterocycles. The topological polar surface area (TPSA) is 59.9 Å². The van der Waals surface area contributed by atoms with Gasteiger partial charge in [0.05, 0.1) is 13.2 Å². The number of likely N-dealkylation sites (tertiary alicyclic amines) is 1. The SMILES string of the molecule is CCNC(=NCc1ccccc1CO)NCC1CCCN1CC. The predicted octanol–water partition coefficient (Wildman–Crippen LogP) is 1.72. The lowest BCUT2D eigenvalue weighted by Gasteiger charge is -2.24. The highest BCUT2D eigenvalue weighted by atomic mass is 16.3. The van der Waals surface area contributed by atoms with Crippen LogP contribution in [-0.4, -0.2) is 48.2 Å². The molecule has 0 aliphatic carbocycles. The van der Waals surface area contributed by atoms with E-state index in [2.05, 4.69) is 34.4 Å². The Hall–Kier alpha value is -1.59. The number of rotatable bonds is 7. The lowest BCUT2D eigenvalue weighted by molar-refractivity contribution is 0.267. The van der Waals surface area contributed by atoms with Gasteiger partial charge in [-0.2, -0.15) is 0 Å². The standard InChI is InChI=1S/C18H30N4O/c1-3-19-18(21-13-17-10-7-11-22(17)4-2)20-12-15-8-5-6-9-16(15)14-23/h5-6,8-9,17,23H,3-4,7,10-14H2,1-2H3,(H2,19,20,21). The Morgan fingerprint density at radius 3 is 2.74 bits per heavy atom. The second-order valence-corrected chi connectivity index (χ2v) is 5.93. The Bertz CT molecular complexity index is 504. The fourth-order valence-electron chi connectivity index (χ4n) is 3.13. The Kier molecular flexibility index (Phi) is 7.36. The van der Waals surface area contributed by atoms with Crippen molar-refractivity contribution in [2.75, 3.05) is 26.2 Å². The highest BCUT2D eigenvalue weighted by molar-refractivity contribution is 5.79. The van der Waals surface area contributed by atoms with E-state index >= 15 is 0 Å². The van der Waals surface area contributed by atoms with E-state index in [0.717, 1.165) is 36.7 Å². The highest BCUT2D eigenvalue weighted by Crippen LogP contribution is 2.15. The Morgan fingerprint density at radius 1 is 1.26 bits per heavy atom. The van der Waals surface area contributed by atoms with Crippen LogP contribution in [-0.2, 0) is 13.2 Å². The molecule has 2 rings (SSSR count). The molecule has 1 heterocycles. The summed E-state index contributed by atoms with van der Waals surface area (Å²) < 4.78 is 0. The summed E-state index contributed by atoms with van der Waals surface area (Å²) in [4.78, 5) is 7.19. The van der Waals surface area contributed by atoms with Crippen LogP contribution in [0.5, 0.6) is 0 Å². The van der Waals surface area contributed by atoms with Crippen LogP contribution < -0.4 is 10.6 Å². The second-order valence-electron chi connectivity index (χ2n) is 5.93. The first-order valence-electron chi connectivity index (χ1n) is 8.72. The number of benzene rings is 1. The van der Waals surface area contributed by atoms with Gasteiger partial charge in [-0.05, 0) is 44.0 Å². The van der Waals surface area contributed by atoms with Crippen molar-refractivity contribution in [1.82, 2.24) is 15.5 Å². The van der Waals surface area contributed by atoms with Gasteiger partial charge in [-0.1, -0.05) is 31.2 Å². The molecule has 1 aliphatic rings. The smallest absolute Gasteiger partial charge is 0.191 e. The van der Waals surface area contributed by atoms with E-state index in [9.17, 15) is 5.11 Å². The van der Waals surface area contributed by atoms with Gasteiger partial charge < -0.3 is 15.7 Å². The van der Waals surface area contributed by atoms with Crippen LogP contribution in [0.4, 0.5) is 0 Å². The molecule has 0 aromatic heterocycles. The summed E-state index contributed by atoms with van der Waals surface area (Å²) in [5.41, 5.74) is 2.02. The number of guanidine groups is 1. The number of nitrogens with one attached hydrogen (secondary N) is 2. The first-order chi connectivity index (χ1) is 11.3. The van der Waals surface area contributed by atoms with Gasteiger partial charge in [-0.3, -0.25) is 4.90 Å². The van der Waals surface area contributed by atoms with Crippen LogP contribution in [0.3, 0.4) is 0 Å². The molecule has 5 heteroatoms. The van der Waals surface area contributed by atoms with E-state index in [1.54, 1.807) is 0 Å². The molecule has 0 bridgehead atoms. The molecule has 1 unspecified atom stereocenters. The molecule has 1 fully saturated rings. The molecule has 1 atom stereocenters. The van der Waals surface area contributed by atoms with Gasteiger partial charge in [0.1, 0.15) is 0 Å². The number of hydrogen-bond acceptors (Lipinski definition) is 3. The third-order valence-corrected chi connectivity index (χ3v) is 4.45. The van der Waals surface area contributed by atoms with Crippen molar-refractivity contribution >= 4 is 5.96 Å². The predicted molar refractivity (Wildman–Crippen MR) is 95.5 cm³/mol. The third-order valence-electron chi connectivity index (χ3n) is 4.45.